The standard InChI is InChI=1S/C20H21Cl2N3O2/c1-4-27-19(26)10-16(13-5-7-17(22)14(9-13)11-21)15-6-8-18-20(12(15)2)23-24-25(18)3/h5-9,16H,4,10-11H2,1-3H3. The summed E-state index contributed by atoms with van der Waals surface area (Å²) >= 11 is 12.2. The number of ether oxygens (including phenoxy) is 1. The van der Waals surface area contributed by atoms with Gasteiger partial charge in [0.25, 0.3) is 0 Å². The topological polar surface area (TPSA) is 57.0 Å². The number of alkyl halides is 1. The Labute approximate surface area is 168 Å². The van der Waals surface area contributed by atoms with Gasteiger partial charge in [-0.2, -0.15) is 0 Å². The maximum Gasteiger partial charge on any atom is 0.306 e. The molecule has 0 aliphatic heterocycles. The number of hydrogen-bond donors (Lipinski definition) is 0. The SMILES string of the molecule is CCOC(=O)CC(c1ccc(Cl)c(CCl)c1)c1ccc2c(nnn2C)c1C. The Bertz CT molecular complexity index is 985. The number of halogens is 2. The third-order valence-electron chi connectivity index (χ3n) is 4.75. The van der Waals surface area contributed by atoms with Crippen LogP contribution in [-0.4, -0.2) is 27.6 Å². The summed E-state index contributed by atoms with van der Waals surface area (Å²) in [5.41, 5.74) is 5.59. The van der Waals surface area contributed by atoms with E-state index in [1.165, 1.54) is 0 Å². The number of rotatable bonds is 6. The second-order valence-electron chi connectivity index (χ2n) is 6.41. The van der Waals surface area contributed by atoms with E-state index in [-0.39, 0.29) is 18.3 Å². The van der Waals surface area contributed by atoms with E-state index in [9.17, 15) is 4.79 Å². The molecule has 0 N–H and O–H groups in total. The van der Waals surface area contributed by atoms with Gasteiger partial charge in [0, 0.05) is 23.9 Å². The van der Waals surface area contributed by atoms with Gasteiger partial charge < -0.3 is 4.74 Å². The molecular formula is C20H21Cl2N3O2. The Morgan fingerprint density at radius 3 is 2.78 bits per heavy atom. The molecule has 0 spiro atoms. The lowest BCUT2D eigenvalue weighted by Gasteiger charge is -2.20. The molecule has 0 amide bonds. The molecule has 0 bridgehead atoms. The second-order valence-corrected chi connectivity index (χ2v) is 7.08. The van der Waals surface area contributed by atoms with Crippen molar-refractivity contribution in [3.63, 3.8) is 0 Å². The molecule has 0 aliphatic carbocycles. The maximum absolute atomic E-state index is 12.3. The van der Waals surface area contributed by atoms with E-state index in [4.69, 9.17) is 27.9 Å². The van der Waals surface area contributed by atoms with Gasteiger partial charge >= 0.3 is 5.97 Å². The van der Waals surface area contributed by atoms with Crippen LogP contribution >= 0.6 is 23.2 Å². The van der Waals surface area contributed by atoms with Gasteiger partial charge in [0.15, 0.2) is 0 Å². The minimum atomic E-state index is -0.247. The van der Waals surface area contributed by atoms with Gasteiger partial charge in [-0.15, -0.1) is 16.7 Å². The zero-order valence-corrected chi connectivity index (χ0v) is 17.0. The van der Waals surface area contributed by atoms with Crippen molar-refractivity contribution in [3.05, 3.63) is 57.6 Å². The number of carbonyl (C=O) groups excluding carboxylic acids is 1. The monoisotopic (exact) mass is 405 g/mol. The molecule has 142 valence electrons. The van der Waals surface area contributed by atoms with E-state index in [1.807, 2.05) is 44.3 Å². The average molecular weight is 406 g/mol. The van der Waals surface area contributed by atoms with E-state index < -0.39 is 0 Å². The summed E-state index contributed by atoms with van der Waals surface area (Å²) < 4.78 is 6.94. The fourth-order valence-electron chi connectivity index (χ4n) is 3.33. The molecule has 3 aromatic rings. The van der Waals surface area contributed by atoms with Gasteiger partial charge in [-0.1, -0.05) is 35.0 Å². The molecule has 7 heteroatoms. The van der Waals surface area contributed by atoms with E-state index in [1.54, 1.807) is 11.6 Å². The highest BCUT2D eigenvalue weighted by Gasteiger charge is 2.23. The lowest BCUT2D eigenvalue weighted by Crippen LogP contribution is -2.13. The fraction of sp³-hybridized carbons (Fsp3) is 0.350. The predicted molar refractivity (Wildman–Crippen MR) is 107 cm³/mol. The van der Waals surface area contributed by atoms with Crippen LogP contribution in [0.3, 0.4) is 0 Å². The van der Waals surface area contributed by atoms with E-state index >= 15 is 0 Å². The number of fused-ring (bicyclic) bond motifs is 1. The molecule has 1 unspecified atom stereocenters. The molecule has 5 nitrogen and oxygen atoms in total. The van der Waals surface area contributed by atoms with Crippen molar-refractivity contribution in [2.75, 3.05) is 6.61 Å². The Morgan fingerprint density at radius 2 is 2.07 bits per heavy atom. The van der Waals surface area contributed by atoms with Crippen molar-refractivity contribution in [3.8, 4) is 0 Å². The Morgan fingerprint density at radius 1 is 1.30 bits per heavy atom. The lowest BCUT2D eigenvalue weighted by molar-refractivity contribution is -0.143. The fourth-order valence-corrected chi connectivity index (χ4v) is 3.81. The van der Waals surface area contributed by atoms with Crippen molar-refractivity contribution in [2.45, 2.75) is 32.1 Å². The van der Waals surface area contributed by atoms with Crippen LogP contribution in [0.1, 0.15) is 41.5 Å². The molecule has 0 fully saturated rings. The number of aromatic nitrogens is 3. The predicted octanol–water partition coefficient (Wildman–Crippen LogP) is 4.75. The largest absolute Gasteiger partial charge is 0.466 e. The minimum Gasteiger partial charge on any atom is -0.466 e. The van der Waals surface area contributed by atoms with Crippen LogP contribution in [0, 0.1) is 6.92 Å². The number of esters is 1. The Balaban J connectivity index is 2.12. The second kappa shape index (κ2) is 8.28. The first-order chi connectivity index (χ1) is 13.0. The van der Waals surface area contributed by atoms with Crippen LogP contribution in [0.15, 0.2) is 30.3 Å². The highest BCUT2D eigenvalue weighted by atomic mass is 35.5. The van der Waals surface area contributed by atoms with Crippen LogP contribution in [0.4, 0.5) is 0 Å². The van der Waals surface area contributed by atoms with Gasteiger partial charge in [-0.05, 0) is 48.2 Å². The van der Waals surface area contributed by atoms with Gasteiger partial charge in [-0.25, -0.2) is 4.68 Å². The van der Waals surface area contributed by atoms with Crippen molar-refractivity contribution >= 4 is 40.2 Å². The number of hydrogen-bond acceptors (Lipinski definition) is 4. The summed E-state index contributed by atoms with van der Waals surface area (Å²) in [5, 5.41) is 8.99. The molecule has 1 heterocycles. The number of carbonyl (C=O) groups is 1. The van der Waals surface area contributed by atoms with Crippen LogP contribution in [0.2, 0.25) is 5.02 Å². The van der Waals surface area contributed by atoms with Gasteiger partial charge in [0.1, 0.15) is 5.52 Å². The molecule has 27 heavy (non-hydrogen) atoms. The first-order valence-electron chi connectivity index (χ1n) is 8.75. The van der Waals surface area contributed by atoms with Crippen LogP contribution in [0.25, 0.3) is 11.0 Å². The minimum absolute atomic E-state index is 0.185. The van der Waals surface area contributed by atoms with Crippen LogP contribution in [0.5, 0.6) is 0 Å². The average Bonchev–Trinajstić information content (AvgIpc) is 3.03. The summed E-state index contributed by atoms with van der Waals surface area (Å²) in [6.07, 6.45) is 0.226. The number of nitrogens with zero attached hydrogens (tertiary/aromatic N) is 3. The van der Waals surface area contributed by atoms with Crippen molar-refractivity contribution in [2.24, 2.45) is 7.05 Å². The normalized spacial score (nSPS) is 12.3. The van der Waals surface area contributed by atoms with Crippen molar-refractivity contribution in [1.82, 2.24) is 15.0 Å². The zero-order chi connectivity index (χ0) is 19.6. The molecular weight excluding hydrogens is 385 g/mol. The quantitative estimate of drug-likeness (QED) is 0.438. The third-order valence-corrected chi connectivity index (χ3v) is 5.40. The van der Waals surface area contributed by atoms with Gasteiger partial charge in [0.2, 0.25) is 0 Å². The Hall–Kier alpha value is -2.11. The molecule has 0 aliphatic rings. The molecule has 3 rings (SSSR count). The summed E-state index contributed by atoms with van der Waals surface area (Å²) in [6, 6.07) is 9.72. The Kier molecular flexibility index (Phi) is 6.02. The van der Waals surface area contributed by atoms with Gasteiger partial charge in [-0.3, -0.25) is 4.79 Å². The smallest absolute Gasteiger partial charge is 0.306 e. The summed E-state index contributed by atoms with van der Waals surface area (Å²) in [5.74, 6) is -0.126. The van der Waals surface area contributed by atoms with E-state index in [0.29, 0.717) is 17.5 Å². The van der Waals surface area contributed by atoms with E-state index in [2.05, 4.69) is 10.3 Å². The molecule has 0 saturated heterocycles. The highest BCUT2D eigenvalue weighted by molar-refractivity contribution is 6.32. The number of aryl methyl sites for hydroxylation is 2. The van der Waals surface area contributed by atoms with Crippen molar-refractivity contribution < 1.29 is 9.53 Å². The van der Waals surface area contributed by atoms with E-state index in [0.717, 1.165) is 33.3 Å². The zero-order valence-electron chi connectivity index (χ0n) is 15.5. The highest BCUT2D eigenvalue weighted by Crippen LogP contribution is 2.35. The summed E-state index contributed by atoms with van der Waals surface area (Å²) in [7, 11) is 1.86. The molecule has 0 radical (unpaired) electrons. The lowest BCUT2D eigenvalue weighted by atomic mass is 9.85. The van der Waals surface area contributed by atoms with Crippen molar-refractivity contribution in [1.29, 1.82) is 0 Å². The first-order valence-corrected chi connectivity index (χ1v) is 9.66. The van der Waals surface area contributed by atoms with Crippen LogP contribution in [-0.2, 0) is 22.5 Å². The summed E-state index contributed by atoms with van der Waals surface area (Å²) in [6.45, 7) is 4.15. The molecule has 1 atom stereocenters. The summed E-state index contributed by atoms with van der Waals surface area (Å²) in [4.78, 5) is 12.3. The number of benzene rings is 2. The maximum atomic E-state index is 12.3. The molecule has 2 aromatic carbocycles. The third kappa shape index (κ3) is 3.94. The molecule has 1 aromatic heterocycles. The first kappa shape index (κ1) is 19.6. The molecule has 0 saturated carbocycles. The van der Waals surface area contributed by atoms with Crippen LogP contribution < -0.4 is 0 Å². The van der Waals surface area contributed by atoms with Gasteiger partial charge in [0.05, 0.1) is 18.5 Å².